The van der Waals surface area contributed by atoms with Crippen molar-refractivity contribution < 1.29 is 8.42 Å². The van der Waals surface area contributed by atoms with Crippen LogP contribution >= 0.6 is 15.9 Å². The fraction of sp³-hybridized carbons (Fsp3) is 0.571. The lowest BCUT2D eigenvalue weighted by Crippen LogP contribution is -2.34. The highest BCUT2D eigenvalue weighted by Gasteiger charge is 2.22. The van der Waals surface area contributed by atoms with E-state index in [1.165, 1.54) is 31.9 Å². The molecule has 1 aromatic carbocycles. The van der Waals surface area contributed by atoms with E-state index in [0.717, 1.165) is 17.6 Å². The largest absolute Gasteiger partial charge is 0.368 e. The predicted molar refractivity (Wildman–Crippen MR) is 82.9 cm³/mol. The first-order chi connectivity index (χ1) is 9.02. The van der Waals surface area contributed by atoms with Crippen LogP contribution in [-0.4, -0.2) is 32.6 Å². The maximum absolute atomic E-state index is 11.5. The van der Waals surface area contributed by atoms with Crippen LogP contribution in [0.15, 0.2) is 29.2 Å². The molecule has 0 N–H and O–H groups in total. The van der Waals surface area contributed by atoms with Crippen molar-refractivity contribution in [3.63, 3.8) is 0 Å². The van der Waals surface area contributed by atoms with Crippen LogP contribution in [0.2, 0.25) is 0 Å². The van der Waals surface area contributed by atoms with Crippen molar-refractivity contribution in [3.05, 3.63) is 24.3 Å². The van der Waals surface area contributed by atoms with Crippen molar-refractivity contribution in [2.24, 2.45) is 0 Å². The van der Waals surface area contributed by atoms with Crippen LogP contribution in [0.25, 0.3) is 0 Å². The Balaban J connectivity index is 2.22. The molecule has 0 atom stereocenters. The van der Waals surface area contributed by atoms with Crippen molar-refractivity contribution in [1.82, 2.24) is 0 Å². The zero-order valence-corrected chi connectivity index (χ0v) is 13.6. The van der Waals surface area contributed by atoms with Crippen molar-refractivity contribution in [2.75, 3.05) is 23.0 Å². The van der Waals surface area contributed by atoms with Crippen LogP contribution in [0.1, 0.15) is 25.7 Å². The van der Waals surface area contributed by atoms with Gasteiger partial charge < -0.3 is 4.90 Å². The molecule has 0 bridgehead atoms. The normalized spacial score (nSPS) is 16.7. The van der Waals surface area contributed by atoms with Gasteiger partial charge in [-0.3, -0.25) is 0 Å². The van der Waals surface area contributed by atoms with E-state index in [1.54, 1.807) is 12.1 Å². The van der Waals surface area contributed by atoms with Crippen molar-refractivity contribution in [3.8, 4) is 0 Å². The number of sulfone groups is 1. The second kappa shape index (κ2) is 6.27. The van der Waals surface area contributed by atoms with E-state index < -0.39 is 9.84 Å². The summed E-state index contributed by atoms with van der Waals surface area (Å²) in [5.74, 6) is 0. The molecule has 0 heterocycles. The van der Waals surface area contributed by atoms with Gasteiger partial charge in [-0.2, -0.15) is 0 Å². The number of nitrogens with zero attached hydrogens (tertiary/aromatic N) is 1. The second-order valence-corrected chi connectivity index (χ2v) is 7.90. The van der Waals surface area contributed by atoms with Crippen LogP contribution < -0.4 is 4.90 Å². The number of rotatable bonds is 5. The molecule has 0 radical (unpaired) electrons. The van der Waals surface area contributed by atoms with E-state index in [4.69, 9.17) is 0 Å². The van der Waals surface area contributed by atoms with E-state index in [-0.39, 0.29) is 0 Å². The maximum Gasteiger partial charge on any atom is 0.175 e. The van der Waals surface area contributed by atoms with Crippen LogP contribution in [-0.2, 0) is 9.84 Å². The smallest absolute Gasteiger partial charge is 0.175 e. The standard InChI is InChI=1S/C14H20BrNO2S/c1-19(17,18)14-8-6-13(7-9-14)16(11-10-15)12-4-2-3-5-12/h6-9,12H,2-5,10-11H2,1H3. The fourth-order valence-electron chi connectivity index (χ4n) is 2.71. The van der Waals surface area contributed by atoms with Gasteiger partial charge in [-0.25, -0.2) is 8.42 Å². The number of hydrogen-bond donors (Lipinski definition) is 0. The lowest BCUT2D eigenvalue weighted by molar-refractivity contribution is 0.601. The Labute approximate surface area is 124 Å². The molecule has 3 nitrogen and oxygen atoms in total. The van der Waals surface area contributed by atoms with Gasteiger partial charge in [0, 0.05) is 29.9 Å². The summed E-state index contributed by atoms with van der Waals surface area (Å²) in [6.45, 7) is 0.961. The molecule has 2 rings (SSSR count). The lowest BCUT2D eigenvalue weighted by atomic mass is 10.2. The topological polar surface area (TPSA) is 37.4 Å². The number of alkyl halides is 1. The summed E-state index contributed by atoms with van der Waals surface area (Å²) in [7, 11) is -3.10. The maximum atomic E-state index is 11.5. The number of hydrogen-bond acceptors (Lipinski definition) is 3. The summed E-state index contributed by atoms with van der Waals surface area (Å²) < 4.78 is 22.9. The third-order valence-electron chi connectivity index (χ3n) is 3.69. The van der Waals surface area contributed by atoms with Gasteiger partial charge in [0.25, 0.3) is 0 Å². The van der Waals surface area contributed by atoms with E-state index in [1.807, 2.05) is 12.1 Å². The van der Waals surface area contributed by atoms with E-state index in [9.17, 15) is 8.42 Å². The number of halogens is 1. The van der Waals surface area contributed by atoms with E-state index in [2.05, 4.69) is 20.8 Å². The molecule has 106 valence electrons. The second-order valence-electron chi connectivity index (χ2n) is 5.09. The van der Waals surface area contributed by atoms with Crippen molar-refractivity contribution in [1.29, 1.82) is 0 Å². The average Bonchev–Trinajstić information content (AvgIpc) is 2.89. The number of benzene rings is 1. The molecule has 0 aromatic heterocycles. The Morgan fingerprint density at radius 3 is 2.26 bits per heavy atom. The third-order valence-corrected chi connectivity index (χ3v) is 5.17. The van der Waals surface area contributed by atoms with Gasteiger partial charge in [-0.1, -0.05) is 28.8 Å². The zero-order valence-electron chi connectivity index (χ0n) is 11.2. The van der Waals surface area contributed by atoms with E-state index in [0.29, 0.717) is 10.9 Å². The van der Waals surface area contributed by atoms with Crippen LogP contribution in [0.4, 0.5) is 5.69 Å². The van der Waals surface area contributed by atoms with Crippen LogP contribution in [0, 0.1) is 0 Å². The molecule has 1 aliphatic carbocycles. The molecular weight excluding hydrogens is 326 g/mol. The number of anilines is 1. The van der Waals surface area contributed by atoms with Crippen LogP contribution in [0.3, 0.4) is 0 Å². The molecule has 19 heavy (non-hydrogen) atoms. The zero-order chi connectivity index (χ0) is 13.9. The highest BCUT2D eigenvalue weighted by Crippen LogP contribution is 2.28. The molecule has 1 aromatic rings. The Kier molecular flexibility index (Phi) is 4.90. The van der Waals surface area contributed by atoms with Gasteiger partial charge in [0.05, 0.1) is 4.90 Å². The third kappa shape index (κ3) is 3.72. The molecular formula is C14H20BrNO2S. The Morgan fingerprint density at radius 1 is 1.21 bits per heavy atom. The monoisotopic (exact) mass is 345 g/mol. The van der Waals surface area contributed by atoms with Gasteiger partial charge in [0.15, 0.2) is 9.84 Å². The SMILES string of the molecule is CS(=O)(=O)c1ccc(N(CCBr)C2CCCC2)cc1. The quantitative estimate of drug-likeness (QED) is 0.768. The predicted octanol–water partition coefficient (Wildman–Crippen LogP) is 3.23. The average molecular weight is 346 g/mol. The first-order valence-corrected chi connectivity index (χ1v) is 9.66. The van der Waals surface area contributed by atoms with Gasteiger partial charge in [-0.05, 0) is 37.1 Å². The summed E-state index contributed by atoms with van der Waals surface area (Å²) in [6.07, 6.45) is 6.31. The minimum atomic E-state index is -3.10. The van der Waals surface area contributed by atoms with Gasteiger partial charge in [0.2, 0.25) is 0 Å². The highest BCUT2D eigenvalue weighted by molar-refractivity contribution is 9.09. The molecule has 0 amide bonds. The molecule has 1 aliphatic rings. The summed E-state index contributed by atoms with van der Waals surface area (Å²) in [5, 5.41) is 0.928. The molecule has 1 fully saturated rings. The molecule has 1 saturated carbocycles. The minimum Gasteiger partial charge on any atom is -0.368 e. The summed E-state index contributed by atoms with van der Waals surface area (Å²) in [5.41, 5.74) is 1.12. The van der Waals surface area contributed by atoms with Crippen molar-refractivity contribution in [2.45, 2.75) is 36.6 Å². The van der Waals surface area contributed by atoms with E-state index >= 15 is 0 Å². The molecule has 0 unspecified atom stereocenters. The molecule has 0 saturated heterocycles. The first kappa shape index (κ1) is 14.9. The first-order valence-electron chi connectivity index (χ1n) is 6.65. The van der Waals surface area contributed by atoms with Crippen molar-refractivity contribution >= 4 is 31.5 Å². The van der Waals surface area contributed by atoms with Gasteiger partial charge >= 0.3 is 0 Å². The Bertz CT molecular complexity index is 507. The molecule has 0 spiro atoms. The summed E-state index contributed by atoms with van der Waals surface area (Å²) in [6, 6.07) is 7.87. The van der Waals surface area contributed by atoms with Crippen LogP contribution in [0.5, 0.6) is 0 Å². The lowest BCUT2D eigenvalue weighted by Gasteiger charge is -2.30. The minimum absolute atomic E-state index is 0.390. The highest BCUT2D eigenvalue weighted by atomic mass is 79.9. The summed E-state index contributed by atoms with van der Waals surface area (Å²) in [4.78, 5) is 2.79. The molecule has 5 heteroatoms. The summed E-state index contributed by atoms with van der Waals surface area (Å²) >= 11 is 3.50. The molecule has 0 aliphatic heterocycles. The Hall–Kier alpha value is -0.550. The van der Waals surface area contributed by atoms with Gasteiger partial charge in [0.1, 0.15) is 0 Å². The fourth-order valence-corrected chi connectivity index (χ4v) is 3.73. The van der Waals surface area contributed by atoms with Gasteiger partial charge in [-0.15, -0.1) is 0 Å². The Morgan fingerprint density at radius 2 is 1.79 bits per heavy atom.